The van der Waals surface area contributed by atoms with Crippen LogP contribution in [-0.4, -0.2) is 9.97 Å². The van der Waals surface area contributed by atoms with Gasteiger partial charge in [-0.3, -0.25) is 4.98 Å². The number of nitrogens with zero attached hydrogens (tertiary/aromatic N) is 1. The molecule has 3 heteroatoms. The van der Waals surface area contributed by atoms with Crippen LogP contribution < -0.4 is 0 Å². The first-order valence-corrected chi connectivity index (χ1v) is 6.26. The number of fused-ring (bicyclic) bond motifs is 2. The lowest BCUT2D eigenvalue weighted by Crippen LogP contribution is -1.86. The van der Waals surface area contributed by atoms with Gasteiger partial charge in [-0.15, -0.1) is 0 Å². The largest absolute Gasteiger partial charge is 0.462 e. The third kappa shape index (κ3) is 1.71. The molecule has 4 rings (SSSR count). The van der Waals surface area contributed by atoms with E-state index < -0.39 is 0 Å². The summed E-state index contributed by atoms with van der Waals surface area (Å²) in [5.41, 5.74) is 4.49. The molecule has 3 heterocycles. The molecule has 0 radical (unpaired) electrons. The molecular weight excluding hydrogens is 236 g/mol. The second kappa shape index (κ2) is 3.99. The highest BCUT2D eigenvalue weighted by Crippen LogP contribution is 2.23. The van der Waals surface area contributed by atoms with Gasteiger partial charge in [-0.2, -0.15) is 0 Å². The zero-order chi connectivity index (χ0) is 12.7. The highest BCUT2D eigenvalue weighted by Gasteiger charge is 2.07. The van der Waals surface area contributed by atoms with Crippen LogP contribution in [-0.2, 0) is 6.42 Å². The maximum Gasteiger partial charge on any atom is 0.152 e. The average molecular weight is 248 g/mol. The Hall–Kier alpha value is -2.55. The predicted octanol–water partition coefficient (Wildman–Crippen LogP) is 3.90. The van der Waals surface area contributed by atoms with E-state index in [2.05, 4.69) is 34.2 Å². The van der Waals surface area contributed by atoms with Crippen molar-refractivity contribution < 1.29 is 4.42 Å². The maximum absolute atomic E-state index is 5.52. The van der Waals surface area contributed by atoms with Gasteiger partial charge in [-0.1, -0.05) is 12.1 Å². The molecule has 19 heavy (non-hydrogen) atoms. The molecule has 0 aliphatic heterocycles. The SMILES string of the molecule is c1cc2c(Cc3ccc4cc[nH]c4c3)coc2cn1. The first-order chi connectivity index (χ1) is 9.40. The zero-order valence-corrected chi connectivity index (χ0v) is 10.3. The number of nitrogens with one attached hydrogen (secondary N) is 1. The first-order valence-electron chi connectivity index (χ1n) is 6.26. The van der Waals surface area contributed by atoms with Crippen molar-refractivity contribution in [3.63, 3.8) is 0 Å². The molecule has 0 saturated carbocycles. The lowest BCUT2D eigenvalue weighted by atomic mass is 10.0. The predicted molar refractivity (Wildman–Crippen MR) is 75.1 cm³/mol. The summed E-state index contributed by atoms with van der Waals surface area (Å²) >= 11 is 0. The topological polar surface area (TPSA) is 41.8 Å². The van der Waals surface area contributed by atoms with E-state index in [-0.39, 0.29) is 0 Å². The molecule has 1 N–H and O–H groups in total. The van der Waals surface area contributed by atoms with Crippen LogP contribution in [0.15, 0.2) is 59.6 Å². The first kappa shape index (κ1) is 10.4. The molecule has 0 fully saturated rings. The van der Waals surface area contributed by atoms with Gasteiger partial charge in [0.05, 0.1) is 12.5 Å². The minimum atomic E-state index is 0.846. The van der Waals surface area contributed by atoms with Crippen molar-refractivity contribution in [1.82, 2.24) is 9.97 Å². The smallest absolute Gasteiger partial charge is 0.152 e. The fraction of sp³-hybridized carbons (Fsp3) is 0.0625. The van der Waals surface area contributed by atoms with Crippen molar-refractivity contribution in [3.05, 3.63) is 66.3 Å². The molecule has 0 saturated heterocycles. The molecule has 0 atom stereocenters. The molecule has 0 amide bonds. The lowest BCUT2D eigenvalue weighted by Gasteiger charge is -2.00. The van der Waals surface area contributed by atoms with Gasteiger partial charge in [0.25, 0.3) is 0 Å². The molecule has 0 unspecified atom stereocenters. The van der Waals surface area contributed by atoms with Crippen LogP contribution in [0.2, 0.25) is 0 Å². The Morgan fingerprint density at radius 2 is 2.16 bits per heavy atom. The maximum atomic E-state index is 5.52. The number of pyridine rings is 1. The summed E-state index contributed by atoms with van der Waals surface area (Å²) in [5, 5.41) is 2.38. The van der Waals surface area contributed by atoms with Gasteiger partial charge < -0.3 is 9.40 Å². The molecule has 3 nitrogen and oxygen atoms in total. The van der Waals surface area contributed by atoms with Crippen LogP contribution in [0.1, 0.15) is 11.1 Å². The Morgan fingerprint density at radius 1 is 1.16 bits per heavy atom. The molecule has 0 bridgehead atoms. The van der Waals surface area contributed by atoms with Gasteiger partial charge in [0.15, 0.2) is 5.58 Å². The number of H-pyrrole nitrogens is 1. The number of rotatable bonds is 2. The molecule has 0 aliphatic rings. The minimum absolute atomic E-state index is 0.846. The Kier molecular flexibility index (Phi) is 2.18. The van der Waals surface area contributed by atoms with Crippen molar-refractivity contribution in [2.75, 3.05) is 0 Å². The quantitative estimate of drug-likeness (QED) is 0.584. The van der Waals surface area contributed by atoms with Crippen LogP contribution >= 0.6 is 0 Å². The lowest BCUT2D eigenvalue weighted by molar-refractivity contribution is 0.610. The van der Waals surface area contributed by atoms with Crippen molar-refractivity contribution in [2.24, 2.45) is 0 Å². The standard InChI is InChI=1S/C16H12N2O/c1-2-12-3-6-18-15(12)8-11(1)7-13-10-19-16-9-17-5-4-14(13)16/h1-6,8-10,18H,7H2. The van der Waals surface area contributed by atoms with Crippen LogP contribution in [0.3, 0.4) is 0 Å². The highest BCUT2D eigenvalue weighted by atomic mass is 16.3. The van der Waals surface area contributed by atoms with Crippen molar-refractivity contribution in [3.8, 4) is 0 Å². The molecule has 4 aromatic rings. The Morgan fingerprint density at radius 3 is 3.16 bits per heavy atom. The zero-order valence-electron chi connectivity index (χ0n) is 10.3. The van der Waals surface area contributed by atoms with Gasteiger partial charge >= 0.3 is 0 Å². The van der Waals surface area contributed by atoms with E-state index in [9.17, 15) is 0 Å². The molecule has 1 aromatic carbocycles. The normalized spacial score (nSPS) is 11.4. The Bertz CT molecular complexity index is 857. The van der Waals surface area contributed by atoms with Gasteiger partial charge in [0.2, 0.25) is 0 Å². The van der Waals surface area contributed by atoms with Crippen LogP contribution in [0.25, 0.3) is 21.9 Å². The van der Waals surface area contributed by atoms with Crippen LogP contribution in [0, 0.1) is 0 Å². The third-order valence-electron chi connectivity index (χ3n) is 3.47. The molecular formula is C16H12N2O. The van der Waals surface area contributed by atoms with Gasteiger partial charge in [-0.05, 0) is 29.1 Å². The van der Waals surface area contributed by atoms with Crippen LogP contribution in [0.4, 0.5) is 0 Å². The number of aromatic amines is 1. The van der Waals surface area contributed by atoms with E-state index in [0.717, 1.165) is 17.4 Å². The molecule has 0 aliphatic carbocycles. The number of hydrogen-bond acceptors (Lipinski definition) is 2. The summed E-state index contributed by atoms with van der Waals surface area (Å²) in [7, 11) is 0. The summed E-state index contributed by atoms with van der Waals surface area (Å²) in [6, 6.07) is 10.6. The van der Waals surface area contributed by atoms with Gasteiger partial charge in [0, 0.05) is 35.3 Å². The van der Waals surface area contributed by atoms with Gasteiger partial charge in [-0.25, -0.2) is 0 Å². The summed E-state index contributed by atoms with van der Waals surface area (Å²) < 4.78 is 5.52. The monoisotopic (exact) mass is 248 g/mol. The number of benzene rings is 1. The second-order valence-electron chi connectivity index (χ2n) is 4.71. The average Bonchev–Trinajstić information content (AvgIpc) is 3.06. The van der Waals surface area contributed by atoms with E-state index in [1.54, 1.807) is 12.4 Å². The Balaban J connectivity index is 1.77. The van der Waals surface area contributed by atoms with E-state index in [1.807, 2.05) is 18.5 Å². The number of aromatic nitrogens is 2. The van der Waals surface area contributed by atoms with Crippen molar-refractivity contribution >= 4 is 21.9 Å². The van der Waals surface area contributed by atoms with Gasteiger partial charge in [0.1, 0.15) is 0 Å². The highest BCUT2D eigenvalue weighted by molar-refractivity contribution is 5.82. The van der Waals surface area contributed by atoms with E-state index in [1.165, 1.54) is 22.0 Å². The number of furan rings is 1. The van der Waals surface area contributed by atoms with Crippen LogP contribution in [0.5, 0.6) is 0 Å². The fourth-order valence-electron chi connectivity index (χ4n) is 2.50. The van der Waals surface area contributed by atoms with Crippen molar-refractivity contribution in [2.45, 2.75) is 6.42 Å². The molecule has 0 spiro atoms. The summed E-state index contributed by atoms with van der Waals surface area (Å²) in [4.78, 5) is 7.31. The molecule has 3 aromatic heterocycles. The third-order valence-corrected chi connectivity index (χ3v) is 3.47. The fourth-order valence-corrected chi connectivity index (χ4v) is 2.50. The summed E-state index contributed by atoms with van der Waals surface area (Å²) in [5.74, 6) is 0. The second-order valence-corrected chi connectivity index (χ2v) is 4.71. The van der Waals surface area contributed by atoms with E-state index >= 15 is 0 Å². The van der Waals surface area contributed by atoms with Crippen molar-refractivity contribution in [1.29, 1.82) is 0 Å². The summed E-state index contributed by atoms with van der Waals surface area (Å²) in [6.45, 7) is 0. The Labute approximate surface area is 109 Å². The number of hydrogen-bond donors (Lipinski definition) is 1. The summed E-state index contributed by atoms with van der Waals surface area (Å²) in [6.07, 6.45) is 8.22. The molecule has 92 valence electrons. The minimum Gasteiger partial charge on any atom is -0.462 e. The van der Waals surface area contributed by atoms with E-state index in [4.69, 9.17) is 4.42 Å². The van der Waals surface area contributed by atoms with E-state index in [0.29, 0.717) is 0 Å².